The van der Waals surface area contributed by atoms with Crippen LogP contribution in [0.5, 0.6) is 0 Å². The lowest BCUT2D eigenvalue weighted by Crippen LogP contribution is -2.68. The van der Waals surface area contributed by atoms with E-state index in [0.717, 1.165) is 0 Å². The molecule has 11 heteroatoms. The number of nitrogens with one attached hydrogen (secondary N) is 1. The first kappa shape index (κ1) is 20.3. The second kappa shape index (κ2) is 7.89. The number of likely N-dealkylation sites (N-methyl/N-ethyl adjacent to an activating group) is 1. The molecule has 0 amide bonds. The number of rotatable bonds is 3. The van der Waals surface area contributed by atoms with E-state index in [4.69, 9.17) is 31.4 Å². The Balaban J connectivity index is 1.69. The first-order valence-electron chi connectivity index (χ1n) is 8.87. The standard InChI is InChI=1S/C15H30N4O7/c1-19-8-10(21)13-7(24-14(8)23)3-6(18)15(26-13)25-12-5(17)2-4(16)9(20)11(12)22/h4-15,19-23H,2-3,16-18H2,1H3/t4-,5?,6?,7+,8?,9?,10?,11-,12-,13?,14?,15+/m1/s1. The highest BCUT2D eigenvalue weighted by molar-refractivity contribution is 5.00. The molecule has 2 aliphatic heterocycles. The predicted octanol–water partition coefficient (Wildman–Crippen LogP) is -4.74. The van der Waals surface area contributed by atoms with Crippen molar-refractivity contribution < 1.29 is 34.6 Å². The fraction of sp³-hybridized carbons (Fsp3) is 1.00. The van der Waals surface area contributed by atoms with Gasteiger partial charge in [0.1, 0.15) is 24.4 Å². The Hall–Kier alpha value is -0.440. The van der Waals surface area contributed by atoms with Crippen molar-refractivity contribution in [2.24, 2.45) is 17.2 Å². The van der Waals surface area contributed by atoms with E-state index in [-0.39, 0.29) is 12.8 Å². The van der Waals surface area contributed by atoms with Crippen molar-refractivity contribution >= 4 is 0 Å². The quantitative estimate of drug-likeness (QED) is 0.234. The van der Waals surface area contributed by atoms with E-state index < -0.39 is 73.4 Å². The van der Waals surface area contributed by atoms with Gasteiger partial charge >= 0.3 is 0 Å². The van der Waals surface area contributed by atoms with E-state index in [2.05, 4.69) is 5.32 Å². The summed E-state index contributed by atoms with van der Waals surface area (Å²) in [5.41, 5.74) is 17.9. The molecular formula is C15H30N4O7. The average molecular weight is 378 g/mol. The number of nitrogens with two attached hydrogens (primary N) is 3. The molecule has 26 heavy (non-hydrogen) atoms. The highest BCUT2D eigenvalue weighted by Crippen LogP contribution is 2.33. The maximum atomic E-state index is 10.5. The third kappa shape index (κ3) is 3.62. The zero-order valence-electron chi connectivity index (χ0n) is 14.6. The zero-order chi connectivity index (χ0) is 19.2. The summed E-state index contributed by atoms with van der Waals surface area (Å²) < 4.78 is 17.1. The summed E-state index contributed by atoms with van der Waals surface area (Å²) >= 11 is 0. The fourth-order valence-electron chi connectivity index (χ4n) is 4.00. The lowest BCUT2D eigenvalue weighted by Gasteiger charge is -2.49. The van der Waals surface area contributed by atoms with Crippen molar-refractivity contribution in [3.8, 4) is 0 Å². The molecule has 0 aromatic rings. The van der Waals surface area contributed by atoms with Gasteiger partial charge in [-0.3, -0.25) is 0 Å². The van der Waals surface area contributed by atoms with Crippen LogP contribution in [0.15, 0.2) is 0 Å². The zero-order valence-corrected chi connectivity index (χ0v) is 14.6. The molecule has 2 saturated heterocycles. The van der Waals surface area contributed by atoms with Crippen LogP contribution < -0.4 is 22.5 Å². The van der Waals surface area contributed by atoms with E-state index >= 15 is 0 Å². The Kier molecular flexibility index (Phi) is 6.16. The van der Waals surface area contributed by atoms with Crippen LogP contribution in [0, 0.1) is 0 Å². The van der Waals surface area contributed by atoms with Crippen LogP contribution in [0.25, 0.3) is 0 Å². The van der Waals surface area contributed by atoms with Crippen LogP contribution in [-0.2, 0) is 14.2 Å². The van der Waals surface area contributed by atoms with E-state index in [0.29, 0.717) is 0 Å². The Bertz CT molecular complexity index is 487. The summed E-state index contributed by atoms with van der Waals surface area (Å²) in [6, 6.07) is -2.60. The van der Waals surface area contributed by atoms with Crippen LogP contribution in [0.2, 0.25) is 0 Å². The summed E-state index contributed by atoms with van der Waals surface area (Å²) in [6.07, 6.45) is -7.36. The second-order valence-electron chi connectivity index (χ2n) is 7.38. The van der Waals surface area contributed by atoms with Gasteiger partial charge in [-0.15, -0.1) is 0 Å². The third-order valence-corrected chi connectivity index (χ3v) is 5.55. The van der Waals surface area contributed by atoms with Gasteiger partial charge in [0.2, 0.25) is 0 Å². The second-order valence-corrected chi connectivity index (χ2v) is 7.38. The molecule has 11 N–H and O–H groups in total. The molecular weight excluding hydrogens is 348 g/mol. The number of fused-ring (bicyclic) bond motifs is 1. The smallest absolute Gasteiger partial charge is 0.173 e. The Morgan fingerprint density at radius 2 is 1.58 bits per heavy atom. The maximum absolute atomic E-state index is 10.5. The maximum Gasteiger partial charge on any atom is 0.173 e. The van der Waals surface area contributed by atoms with Crippen LogP contribution in [0.1, 0.15) is 12.8 Å². The van der Waals surface area contributed by atoms with Gasteiger partial charge in [-0.25, -0.2) is 0 Å². The summed E-state index contributed by atoms with van der Waals surface area (Å²) in [5, 5.41) is 43.4. The molecule has 0 spiro atoms. The SMILES string of the molecule is CNC1C(O)O[C@H]2CC(N)[C@@H](O[C@@H]3C(N)C[C@@H](N)C(O)[C@H]3O)OC2C1O. The van der Waals surface area contributed by atoms with Crippen molar-refractivity contribution in [1.82, 2.24) is 5.32 Å². The minimum atomic E-state index is -1.28. The predicted molar refractivity (Wildman–Crippen MR) is 88.4 cm³/mol. The van der Waals surface area contributed by atoms with E-state index in [1.807, 2.05) is 0 Å². The van der Waals surface area contributed by atoms with Crippen molar-refractivity contribution in [3.63, 3.8) is 0 Å². The molecule has 0 aromatic heterocycles. The number of aliphatic hydroxyl groups is 4. The fourth-order valence-corrected chi connectivity index (χ4v) is 4.00. The highest BCUT2D eigenvalue weighted by atomic mass is 16.7. The molecule has 3 fully saturated rings. The monoisotopic (exact) mass is 378 g/mol. The summed E-state index contributed by atoms with van der Waals surface area (Å²) in [5.74, 6) is 0. The number of hydrogen-bond acceptors (Lipinski definition) is 11. The Morgan fingerprint density at radius 1 is 0.885 bits per heavy atom. The average Bonchev–Trinajstić information content (AvgIpc) is 2.58. The summed E-state index contributed by atoms with van der Waals surface area (Å²) in [7, 11) is 1.59. The van der Waals surface area contributed by atoms with Crippen LogP contribution in [0.4, 0.5) is 0 Å². The van der Waals surface area contributed by atoms with E-state index in [1.165, 1.54) is 0 Å². The van der Waals surface area contributed by atoms with Crippen molar-refractivity contribution in [3.05, 3.63) is 0 Å². The van der Waals surface area contributed by atoms with Gasteiger partial charge in [0.15, 0.2) is 12.6 Å². The number of ether oxygens (including phenoxy) is 3. The molecule has 152 valence electrons. The van der Waals surface area contributed by atoms with Gasteiger partial charge in [0, 0.05) is 12.1 Å². The molecule has 1 aliphatic carbocycles. The molecule has 0 aromatic carbocycles. The van der Waals surface area contributed by atoms with Gasteiger partial charge in [-0.05, 0) is 19.9 Å². The third-order valence-electron chi connectivity index (χ3n) is 5.55. The minimum absolute atomic E-state index is 0.274. The molecule has 11 nitrogen and oxygen atoms in total. The van der Waals surface area contributed by atoms with Crippen LogP contribution >= 0.6 is 0 Å². The van der Waals surface area contributed by atoms with Gasteiger partial charge < -0.3 is 57.2 Å². The molecule has 12 atom stereocenters. The van der Waals surface area contributed by atoms with Crippen molar-refractivity contribution in [2.45, 2.75) is 86.2 Å². The molecule has 3 aliphatic rings. The Morgan fingerprint density at radius 3 is 2.23 bits per heavy atom. The van der Waals surface area contributed by atoms with Gasteiger partial charge in [0.05, 0.1) is 24.3 Å². The van der Waals surface area contributed by atoms with Gasteiger partial charge in [0.25, 0.3) is 0 Å². The lowest BCUT2D eigenvalue weighted by molar-refractivity contribution is -0.328. The summed E-state index contributed by atoms with van der Waals surface area (Å²) in [6.45, 7) is 0. The molecule has 0 radical (unpaired) electrons. The molecule has 0 bridgehead atoms. The van der Waals surface area contributed by atoms with Crippen molar-refractivity contribution in [2.75, 3.05) is 7.05 Å². The minimum Gasteiger partial charge on any atom is -0.389 e. The Labute approximate surface area is 151 Å². The molecule has 2 heterocycles. The van der Waals surface area contributed by atoms with Gasteiger partial charge in [-0.1, -0.05) is 0 Å². The first-order chi connectivity index (χ1) is 12.2. The number of aliphatic hydroxyl groups excluding tert-OH is 4. The molecule has 1 saturated carbocycles. The summed E-state index contributed by atoms with van der Waals surface area (Å²) in [4.78, 5) is 0. The highest BCUT2D eigenvalue weighted by Gasteiger charge is 2.51. The topological polar surface area (TPSA) is 199 Å². The van der Waals surface area contributed by atoms with Crippen molar-refractivity contribution in [1.29, 1.82) is 0 Å². The first-order valence-corrected chi connectivity index (χ1v) is 8.87. The van der Waals surface area contributed by atoms with E-state index in [9.17, 15) is 20.4 Å². The molecule has 3 rings (SSSR count). The largest absolute Gasteiger partial charge is 0.389 e. The molecule has 7 unspecified atom stereocenters. The van der Waals surface area contributed by atoms with E-state index in [1.54, 1.807) is 7.05 Å². The van der Waals surface area contributed by atoms with Crippen LogP contribution in [-0.4, -0.2) is 101 Å². The normalized spacial score (nSPS) is 55.4. The number of hydrogen-bond donors (Lipinski definition) is 8. The lowest BCUT2D eigenvalue weighted by atomic mass is 9.84. The van der Waals surface area contributed by atoms with Crippen LogP contribution in [0.3, 0.4) is 0 Å². The van der Waals surface area contributed by atoms with Gasteiger partial charge in [-0.2, -0.15) is 0 Å².